The molecule has 0 unspecified atom stereocenters. The van der Waals surface area contributed by atoms with Crippen LogP contribution in [0.2, 0.25) is 0 Å². The summed E-state index contributed by atoms with van der Waals surface area (Å²) in [5, 5.41) is 28.4. The van der Waals surface area contributed by atoms with E-state index in [0.29, 0.717) is 6.29 Å². The lowest BCUT2D eigenvalue weighted by Gasteiger charge is -2.05. The van der Waals surface area contributed by atoms with Gasteiger partial charge in [0.2, 0.25) is 11.5 Å². The van der Waals surface area contributed by atoms with Crippen molar-refractivity contribution in [3.63, 3.8) is 0 Å². The number of nitro groups is 1. The Morgan fingerprint density at radius 3 is 2.80 bits per heavy atom. The van der Waals surface area contributed by atoms with Gasteiger partial charge in [0.1, 0.15) is 0 Å². The summed E-state index contributed by atoms with van der Waals surface area (Å²) in [6, 6.07) is 3.45. The summed E-state index contributed by atoms with van der Waals surface area (Å²) in [6.07, 6.45) is 0.392. The minimum Gasteiger partial charge on any atom is -0.476 e. The van der Waals surface area contributed by atoms with Crippen molar-refractivity contribution in [1.82, 2.24) is 10.3 Å². The molecule has 2 rings (SSSR count). The number of carbonyl (C=O) groups is 2. The third-order valence-electron chi connectivity index (χ3n) is 2.32. The molecule has 1 heterocycles. The molecule has 2 aromatic rings. The summed E-state index contributed by atoms with van der Waals surface area (Å²) in [5.74, 6) is -1.59. The van der Waals surface area contributed by atoms with Gasteiger partial charge in [-0.2, -0.15) is 0 Å². The van der Waals surface area contributed by atoms with E-state index < -0.39 is 16.6 Å². The van der Waals surface area contributed by atoms with Crippen LogP contribution in [0.3, 0.4) is 0 Å². The summed E-state index contributed by atoms with van der Waals surface area (Å²) in [5.41, 5.74) is -0.628. The number of benzene rings is 1. The highest BCUT2D eigenvalue weighted by Gasteiger charge is 2.19. The van der Waals surface area contributed by atoms with Gasteiger partial charge in [-0.15, -0.1) is 0 Å². The third kappa shape index (κ3) is 2.43. The van der Waals surface area contributed by atoms with E-state index >= 15 is 0 Å². The molecule has 10 heteroatoms. The van der Waals surface area contributed by atoms with Crippen molar-refractivity contribution in [1.29, 1.82) is 0 Å². The summed E-state index contributed by atoms with van der Waals surface area (Å²) in [4.78, 5) is 31.7. The summed E-state index contributed by atoms with van der Waals surface area (Å²) < 4.78 is 4.27. The van der Waals surface area contributed by atoms with Crippen LogP contribution >= 0.6 is 0 Å². The van der Waals surface area contributed by atoms with E-state index in [1.54, 1.807) is 0 Å². The Bertz CT molecular complexity index is 695. The fourth-order valence-electron chi connectivity index (χ4n) is 1.41. The predicted octanol–water partition coefficient (Wildman–Crippen LogP) is 1.23. The van der Waals surface area contributed by atoms with Gasteiger partial charge >= 0.3 is 5.97 Å². The van der Waals surface area contributed by atoms with Crippen LogP contribution < -0.4 is 5.32 Å². The number of carboxylic acids is 1. The highest BCUT2D eigenvalue weighted by atomic mass is 16.6. The van der Waals surface area contributed by atoms with E-state index in [1.165, 1.54) is 6.07 Å². The third-order valence-corrected chi connectivity index (χ3v) is 2.32. The van der Waals surface area contributed by atoms with Crippen molar-refractivity contribution in [2.75, 3.05) is 5.32 Å². The average molecular weight is 278 g/mol. The van der Waals surface area contributed by atoms with Gasteiger partial charge in [-0.25, -0.2) is 9.42 Å². The number of non-ortho nitro benzene ring substituents is 1. The quantitative estimate of drug-likeness (QED) is 0.467. The normalized spacial score (nSPS) is 10.0. The van der Waals surface area contributed by atoms with Gasteiger partial charge in [-0.1, -0.05) is 0 Å². The smallest absolute Gasteiger partial charge is 0.362 e. The zero-order valence-electron chi connectivity index (χ0n) is 9.64. The molecule has 0 bridgehead atoms. The molecule has 0 aliphatic heterocycles. The number of hydrogen-bond acceptors (Lipinski definition) is 8. The Kier molecular flexibility index (Phi) is 3.37. The van der Waals surface area contributed by atoms with Crippen molar-refractivity contribution >= 4 is 29.4 Å². The topological polar surface area (TPSA) is 148 Å². The van der Waals surface area contributed by atoms with Crippen LogP contribution in [0.5, 0.6) is 0 Å². The van der Waals surface area contributed by atoms with Crippen molar-refractivity contribution in [3.05, 3.63) is 39.6 Å². The first kappa shape index (κ1) is 13.1. The van der Waals surface area contributed by atoms with E-state index in [2.05, 4.69) is 20.3 Å². The second kappa shape index (κ2) is 5.14. The summed E-state index contributed by atoms with van der Waals surface area (Å²) >= 11 is 0. The van der Waals surface area contributed by atoms with E-state index in [1.807, 2.05) is 0 Å². The minimum atomic E-state index is -1.37. The molecule has 0 atom stereocenters. The SMILES string of the molecule is O=Cc1cc([N+](=O)[O-])ccc1Nc1nonc1C(=O)O. The lowest BCUT2D eigenvalue weighted by atomic mass is 10.1. The lowest BCUT2D eigenvalue weighted by Crippen LogP contribution is -2.04. The van der Waals surface area contributed by atoms with Crippen molar-refractivity contribution < 1.29 is 24.2 Å². The average Bonchev–Trinajstić information content (AvgIpc) is 2.87. The molecule has 0 aliphatic carbocycles. The van der Waals surface area contributed by atoms with Gasteiger partial charge in [-0.05, 0) is 16.4 Å². The first-order chi connectivity index (χ1) is 9.52. The van der Waals surface area contributed by atoms with Crippen molar-refractivity contribution in [2.24, 2.45) is 0 Å². The second-order valence-corrected chi connectivity index (χ2v) is 3.54. The van der Waals surface area contributed by atoms with E-state index in [0.717, 1.165) is 12.1 Å². The first-order valence-corrected chi connectivity index (χ1v) is 5.09. The summed E-state index contributed by atoms with van der Waals surface area (Å²) in [7, 11) is 0. The Hall–Kier alpha value is -3.30. The number of rotatable bonds is 5. The highest BCUT2D eigenvalue weighted by molar-refractivity contribution is 5.93. The number of aromatic nitrogens is 2. The number of anilines is 2. The van der Waals surface area contributed by atoms with Gasteiger partial charge in [0, 0.05) is 17.7 Å². The Balaban J connectivity index is 2.38. The molecular weight excluding hydrogens is 272 g/mol. The monoisotopic (exact) mass is 278 g/mol. The van der Waals surface area contributed by atoms with E-state index in [9.17, 15) is 19.7 Å². The van der Waals surface area contributed by atoms with Gasteiger partial charge in [-0.3, -0.25) is 14.9 Å². The molecule has 102 valence electrons. The minimum absolute atomic E-state index is 0.0291. The molecule has 20 heavy (non-hydrogen) atoms. The first-order valence-electron chi connectivity index (χ1n) is 5.09. The maximum atomic E-state index is 10.9. The molecule has 0 fully saturated rings. The molecule has 0 radical (unpaired) electrons. The predicted molar refractivity (Wildman–Crippen MR) is 63.0 cm³/mol. The number of nitrogens with zero attached hydrogens (tertiary/aromatic N) is 3. The Morgan fingerprint density at radius 1 is 1.45 bits per heavy atom. The number of nitrogens with one attached hydrogen (secondary N) is 1. The van der Waals surface area contributed by atoms with Crippen LogP contribution in [0.15, 0.2) is 22.8 Å². The number of aromatic carboxylic acids is 1. The molecule has 0 spiro atoms. The number of nitro benzene ring substituents is 1. The second-order valence-electron chi connectivity index (χ2n) is 3.54. The lowest BCUT2D eigenvalue weighted by molar-refractivity contribution is -0.384. The van der Waals surface area contributed by atoms with Gasteiger partial charge in [0.05, 0.1) is 10.6 Å². The van der Waals surface area contributed by atoms with Crippen LogP contribution in [-0.4, -0.2) is 32.6 Å². The largest absolute Gasteiger partial charge is 0.476 e. The maximum absolute atomic E-state index is 10.9. The Morgan fingerprint density at radius 2 is 2.20 bits per heavy atom. The van der Waals surface area contributed by atoms with Crippen LogP contribution in [0.25, 0.3) is 0 Å². The van der Waals surface area contributed by atoms with Crippen LogP contribution in [0.4, 0.5) is 17.2 Å². The van der Waals surface area contributed by atoms with Crippen molar-refractivity contribution in [2.45, 2.75) is 0 Å². The fourth-order valence-corrected chi connectivity index (χ4v) is 1.41. The fraction of sp³-hybridized carbons (Fsp3) is 0. The molecule has 0 amide bonds. The van der Waals surface area contributed by atoms with Gasteiger partial charge < -0.3 is 10.4 Å². The Labute approximate surface area is 110 Å². The highest BCUT2D eigenvalue weighted by Crippen LogP contribution is 2.24. The maximum Gasteiger partial charge on any atom is 0.362 e. The molecule has 0 saturated heterocycles. The van der Waals surface area contributed by atoms with Crippen LogP contribution in [0, 0.1) is 10.1 Å². The molecule has 1 aromatic carbocycles. The zero-order valence-corrected chi connectivity index (χ0v) is 9.64. The van der Waals surface area contributed by atoms with Crippen LogP contribution in [0.1, 0.15) is 20.8 Å². The van der Waals surface area contributed by atoms with E-state index in [4.69, 9.17) is 5.11 Å². The standard InChI is InChI=1S/C10H6N4O6/c15-4-5-3-6(14(18)19)1-2-7(5)11-9-8(10(16)17)12-20-13-9/h1-4H,(H,11,13)(H,16,17). The molecular formula is C10H6N4O6. The van der Waals surface area contributed by atoms with Gasteiger partial charge in [0.15, 0.2) is 6.29 Å². The summed E-state index contributed by atoms with van der Waals surface area (Å²) in [6.45, 7) is 0. The molecule has 10 nitrogen and oxygen atoms in total. The number of aldehydes is 1. The van der Waals surface area contributed by atoms with E-state index in [-0.39, 0.29) is 22.8 Å². The van der Waals surface area contributed by atoms with Gasteiger partial charge in [0.25, 0.3) is 5.69 Å². The number of carbonyl (C=O) groups excluding carboxylic acids is 1. The van der Waals surface area contributed by atoms with Crippen molar-refractivity contribution in [3.8, 4) is 0 Å². The zero-order chi connectivity index (χ0) is 14.7. The van der Waals surface area contributed by atoms with Crippen LogP contribution in [-0.2, 0) is 0 Å². The molecule has 0 saturated carbocycles. The molecule has 2 N–H and O–H groups in total. The number of carboxylic acid groups (broad SMARTS) is 1. The molecule has 0 aliphatic rings. The molecule has 1 aromatic heterocycles. The number of hydrogen-bond donors (Lipinski definition) is 2.